The summed E-state index contributed by atoms with van der Waals surface area (Å²) in [7, 11) is 1.86. The number of nitrogens with zero attached hydrogens (tertiary/aromatic N) is 3. The Kier molecular flexibility index (Phi) is 8.13. The summed E-state index contributed by atoms with van der Waals surface area (Å²) in [4.78, 5) is 9.50. The summed E-state index contributed by atoms with van der Waals surface area (Å²) in [6.07, 6.45) is 1.15. The molecule has 3 rings (SSSR count). The van der Waals surface area contributed by atoms with Gasteiger partial charge in [0.25, 0.3) is 0 Å². The molecule has 6 nitrogen and oxygen atoms in total. The van der Waals surface area contributed by atoms with Crippen molar-refractivity contribution in [2.75, 3.05) is 53.0 Å². The van der Waals surface area contributed by atoms with E-state index in [2.05, 4.69) is 69.6 Å². The normalized spacial score (nSPS) is 25.6. The largest absolute Gasteiger partial charge is 0.379 e. The first-order valence-electron chi connectivity index (χ1n) is 10.7. The van der Waals surface area contributed by atoms with Gasteiger partial charge in [-0.15, -0.1) is 0 Å². The molecule has 2 saturated heterocycles. The lowest BCUT2D eigenvalue weighted by atomic mass is 10.1. The van der Waals surface area contributed by atoms with Crippen LogP contribution in [-0.2, 0) is 11.3 Å². The van der Waals surface area contributed by atoms with Gasteiger partial charge in [-0.1, -0.05) is 37.3 Å². The van der Waals surface area contributed by atoms with E-state index in [-0.39, 0.29) is 0 Å². The lowest BCUT2D eigenvalue weighted by molar-refractivity contribution is 0.0320. The maximum absolute atomic E-state index is 5.44. The molecular weight excluding hydrogens is 350 g/mol. The molecule has 2 heterocycles. The maximum atomic E-state index is 5.44. The van der Waals surface area contributed by atoms with Crippen molar-refractivity contribution in [3.05, 3.63) is 35.9 Å². The van der Waals surface area contributed by atoms with Crippen LogP contribution in [0.3, 0.4) is 0 Å². The van der Waals surface area contributed by atoms with Gasteiger partial charge in [0.05, 0.1) is 13.2 Å². The van der Waals surface area contributed by atoms with Gasteiger partial charge in [-0.25, -0.2) is 0 Å². The zero-order valence-corrected chi connectivity index (χ0v) is 17.7. The number of aliphatic imine (C=N–C) groups is 1. The minimum Gasteiger partial charge on any atom is -0.379 e. The van der Waals surface area contributed by atoms with E-state index in [0.717, 1.165) is 64.9 Å². The van der Waals surface area contributed by atoms with Gasteiger partial charge in [0.15, 0.2) is 5.96 Å². The highest BCUT2D eigenvalue weighted by atomic mass is 16.5. The second-order valence-electron chi connectivity index (χ2n) is 8.31. The summed E-state index contributed by atoms with van der Waals surface area (Å²) in [6, 6.07) is 11.8. The van der Waals surface area contributed by atoms with Crippen LogP contribution < -0.4 is 10.6 Å². The first-order valence-corrected chi connectivity index (χ1v) is 10.7. The van der Waals surface area contributed by atoms with Crippen molar-refractivity contribution in [2.24, 2.45) is 10.9 Å². The number of ether oxygens (including phenoxy) is 1. The number of morpholine rings is 1. The van der Waals surface area contributed by atoms with Crippen LogP contribution in [0.4, 0.5) is 0 Å². The topological polar surface area (TPSA) is 52.1 Å². The van der Waals surface area contributed by atoms with E-state index in [1.807, 2.05) is 7.05 Å². The van der Waals surface area contributed by atoms with Crippen LogP contribution in [0.25, 0.3) is 0 Å². The molecule has 3 unspecified atom stereocenters. The highest BCUT2D eigenvalue weighted by Gasteiger charge is 2.29. The Labute approximate surface area is 170 Å². The Balaban J connectivity index is 1.40. The van der Waals surface area contributed by atoms with E-state index in [9.17, 15) is 0 Å². The molecule has 0 saturated carbocycles. The minimum absolute atomic E-state index is 0.444. The molecule has 0 bridgehead atoms. The Morgan fingerprint density at radius 2 is 2.00 bits per heavy atom. The van der Waals surface area contributed by atoms with E-state index < -0.39 is 0 Å². The van der Waals surface area contributed by atoms with E-state index >= 15 is 0 Å². The van der Waals surface area contributed by atoms with Crippen LogP contribution in [0.5, 0.6) is 0 Å². The van der Waals surface area contributed by atoms with Crippen molar-refractivity contribution in [3.8, 4) is 0 Å². The van der Waals surface area contributed by atoms with Gasteiger partial charge in [-0.05, 0) is 24.8 Å². The predicted octanol–water partition coefficient (Wildman–Crippen LogP) is 1.78. The van der Waals surface area contributed by atoms with Gasteiger partial charge in [-0.3, -0.25) is 14.8 Å². The highest BCUT2D eigenvalue weighted by Crippen LogP contribution is 2.20. The number of guanidine groups is 1. The van der Waals surface area contributed by atoms with E-state index in [1.54, 1.807) is 0 Å². The Bertz CT molecular complexity index is 602. The van der Waals surface area contributed by atoms with Gasteiger partial charge in [0.2, 0.25) is 0 Å². The van der Waals surface area contributed by atoms with Crippen molar-refractivity contribution in [1.82, 2.24) is 20.4 Å². The number of likely N-dealkylation sites (tertiary alicyclic amines) is 1. The summed E-state index contributed by atoms with van der Waals surface area (Å²) in [5.41, 5.74) is 1.38. The second kappa shape index (κ2) is 10.8. The average molecular weight is 388 g/mol. The van der Waals surface area contributed by atoms with Gasteiger partial charge in [0.1, 0.15) is 0 Å². The molecule has 3 atom stereocenters. The molecule has 6 heteroatoms. The molecule has 0 spiro atoms. The van der Waals surface area contributed by atoms with Crippen molar-refractivity contribution in [3.63, 3.8) is 0 Å². The molecule has 1 aromatic carbocycles. The van der Waals surface area contributed by atoms with Crippen LogP contribution >= 0.6 is 0 Å². The predicted molar refractivity (Wildman–Crippen MR) is 116 cm³/mol. The number of hydrogen-bond acceptors (Lipinski definition) is 4. The van der Waals surface area contributed by atoms with Crippen molar-refractivity contribution in [1.29, 1.82) is 0 Å². The van der Waals surface area contributed by atoms with E-state index in [1.165, 1.54) is 5.56 Å². The average Bonchev–Trinajstić information content (AvgIpc) is 3.05. The Morgan fingerprint density at radius 3 is 2.71 bits per heavy atom. The van der Waals surface area contributed by atoms with Crippen LogP contribution in [0.1, 0.15) is 25.8 Å². The molecule has 2 N–H and O–H groups in total. The summed E-state index contributed by atoms with van der Waals surface area (Å²) in [5, 5.41) is 7.16. The monoisotopic (exact) mass is 387 g/mol. The third kappa shape index (κ3) is 6.47. The fourth-order valence-electron chi connectivity index (χ4n) is 4.19. The summed E-state index contributed by atoms with van der Waals surface area (Å²) >= 11 is 0. The second-order valence-corrected chi connectivity index (χ2v) is 8.31. The zero-order chi connectivity index (χ0) is 19.8. The SMILES string of the molecule is CN=C(NCC(C)CN1CCOCC1)NC1CC(C)N(Cc2ccccc2)C1. The third-order valence-electron chi connectivity index (χ3n) is 5.79. The van der Waals surface area contributed by atoms with Crippen LogP contribution in [0.15, 0.2) is 35.3 Å². The smallest absolute Gasteiger partial charge is 0.191 e. The molecule has 0 aromatic heterocycles. The van der Waals surface area contributed by atoms with Crippen molar-refractivity contribution >= 4 is 5.96 Å². The molecule has 0 amide bonds. The van der Waals surface area contributed by atoms with Crippen molar-refractivity contribution < 1.29 is 4.74 Å². The molecule has 2 fully saturated rings. The molecule has 0 aliphatic carbocycles. The lowest BCUT2D eigenvalue weighted by Crippen LogP contribution is -2.47. The Hall–Kier alpha value is -1.63. The quantitative estimate of drug-likeness (QED) is 0.552. The molecule has 1 aromatic rings. The fourth-order valence-corrected chi connectivity index (χ4v) is 4.19. The van der Waals surface area contributed by atoms with E-state index in [0.29, 0.717) is 18.0 Å². The molecular formula is C22H37N5O. The molecule has 0 radical (unpaired) electrons. The van der Waals surface area contributed by atoms with Crippen molar-refractivity contribution in [2.45, 2.75) is 38.9 Å². The number of benzene rings is 1. The van der Waals surface area contributed by atoms with E-state index in [4.69, 9.17) is 4.74 Å². The first-order chi connectivity index (χ1) is 13.6. The molecule has 28 heavy (non-hydrogen) atoms. The summed E-state index contributed by atoms with van der Waals surface area (Å²) < 4.78 is 5.44. The molecule has 2 aliphatic rings. The highest BCUT2D eigenvalue weighted by molar-refractivity contribution is 5.80. The third-order valence-corrected chi connectivity index (χ3v) is 5.79. The number of nitrogens with one attached hydrogen (secondary N) is 2. The van der Waals surface area contributed by atoms with Crippen LogP contribution in [0, 0.1) is 5.92 Å². The van der Waals surface area contributed by atoms with Gasteiger partial charge in [0, 0.05) is 58.4 Å². The minimum atomic E-state index is 0.444. The maximum Gasteiger partial charge on any atom is 0.191 e. The summed E-state index contributed by atoms with van der Waals surface area (Å²) in [5.74, 6) is 1.50. The van der Waals surface area contributed by atoms with Gasteiger partial charge >= 0.3 is 0 Å². The first kappa shape index (κ1) is 21.1. The molecule has 2 aliphatic heterocycles. The van der Waals surface area contributed by atoms with Crippen LogP contribution in [0.2, 0.25) is 0 Å². The van der Waals surface area contributed by atoms with Crippen LogP contribution in [-0.4, -0.2) is 80.8 Å². The summed E-state index contributed by atoms with van der Waals surface area (Å²) in [6.45, 7) is 12.6. The molecule has 156 valence electrons. The standard InChI is InChI=1S/C22H37N5O/c1-18(15-26-9-11-28-12-10-26)14-24-22(23-3)25-21-13-19(2)27(17-21)16-20-7-5-4-6-8-20/h4-8,18-19,21H,9-17H2,1-3H3,(H2,23,24,25). The number of hydrogen-bond donors (Lipinski definition) is 2. The number of rotatable bonds is 7. The lowest BCUT2D eigenvalue weighted by Gasteiger charge is -2.29. The zero-order valence-electron chi connectivity index (χ0n) is 17.7. The Morgan fingerprint density at radius 1 is 1.25 bits per heavy atom. The van der Waals surface area contributed by atoms with Gasteiger partial charge in [-0.2, -0.15) is 0 Å². The van der Waals surface area contributed by atoms with Gasteiger partial charge < -0.3 is 15.4 Å². The fraction of sp³-hybridized carbons (Fsp3) is 0.682.